The Morgan fingerprint density at radius 1 is 1.44 bits per heavy atom. The molecule has 0 aromatic carbocycles. The first-order valence-electron chi connectivity index (χ1n) is 5.11. The molecule has 1 aliphatic rings. The highest BCUT2D eigenvalue weighted by Gasteiger charge is 2.15. The summed E-state index contributed by atoms with van der Waals surface area (Å²) in [4.78, 5) is 19.1. The van der Waals surface area contributed by atoms with Crippen LogP contribution in [0.3, 0.4) is 0 Å². The van der Waals surface area contributed by atoms with Crippen LogP contribution in [-0.4, -0.2) is 22.3 Å². The van der Waals surface area contributed by atoms with Gasteiger partial charge in [0.1, 0.15) is 16.8 Å². The summed E-state index contributed by atoms with van der Waals surface area (Å²) in [6.07, 6.45) is 6.78. The number of anilines is 1. The lowest BCUT2D eigenvalue weighted by atomic mass is 10.2. The SMILES string of the molecule is Cc1nc(Cl)c(C=O)c(NC2CC=CC2)n1. The zero-order chi connectivity index (χ0) is 11.5. The molecule has 0 aliphatic heterocycles. The normalized spacial score (nSPS) is 15.4. The van der Waals surface area contributed by atoms with Crippen LogP contribution in [0.2, 0.25) is 5.15 Å². The Morgan fingerprint density at radius 3 is 2.75 bits per heavy atom. The minimum Gasteiger partial charge on any atom is -0.366 e. The van der Waals surface area contributed by atoms with Gasteiger partial charge >= 0.3 is 0 Å². The lowest BCUT2D eigenvalue weighted by molar-refractivity contribution is 0.112. The van der Waals surface area contributed by atoms with Crippen LogP contribution in [-0.2, 0) is 0 Å². The molecule has 0 saturated heterocycles. The summed E-state index contributed by atoms with van der Waals surface area (Å²) in [5, 5.41) is 3.42. The molecule has 0 spiro atoms. The van der Waals surface area contributed by atoms with Crippen LogP contribution in [0.5, 0.6) is 0 Å². The van der Waals surface area contributed by atoms with Gasteiger partial charge in [-0.1, -0.05) is 23.8 Å². The number of halogens is 1. The predicted molar refractivity (Wildman–Crippen MR) is 63.0 cm³/mol. The number of hydrogen-bond acceptors (Lipinski definition) is 4. The minimum absolute atomic E-state index is 0.205. The first-order chi connectivity index (χ1) is 7.70. The quantitative estimate of drug-likeness (QED) is 0.498. The molecule has 1 aliphatic carbocycles. The molecular formula is C11H12ClN3O. The Kier molecular flexibility index (Phi) is 3.19. The second-order valence-electron chi connectivity index (χ2n) is 3.73. The smallest absolute Gasteiger partial charge is 0.156 e. The van der Waals surface area contributed by atoms with Gasteiger partial charge in [-0.05, 0) is 19.8 Å². The van der Waals surface area contributed by atoms with Crippen molar-refractivity contribution in [3.63, 3.8) is 0 Å². The lowest BCUT2D eigenvalue weighted by Crippen LogP contribution is -2.18. The monoisotopic (exact) mass is 237 g/mol. The van der Waals surface area contributed by atoms with E-state index < -0.39 is 0 Å². The van der Waals surface area contributed by atoms with Crippen molar-refractivity contribution in [1.82, 2.24) is 9.97 Å². The molecule has 0 radical (unpaired) electrons. The molecule has 1 N–H and O–H groups in total. The van der Waals surface area contributed by atoms with Crippen LogP contribution < -0.4 is 5.32 Å². The maximum absolute atomic E-state index is 10.9. The van der Waals surface area contributed by atoms with Crippen molar-refractivity contribution in [1.29, 1.82) is 0 Å². The van der Waals surface area contributed by atoms with Crippen LogP contribution in [0, 0.1) is 6.92 Å². The van der Waals surface area contributed by atoms with Gasteiger partial charge in [-0.25, -0.2) is 9.97 Å². The number of nitrogens with zero attached hydrogens (tertiary/aromatic N) is 2. The number of rotatable bonds is 3. The second-order valence-corrected chi connectivity index (χ2v) is 4.08. The van der Waals surface area contributed by atoms with E-state index in [4.69, 9.17) is 11.6 Å². The standard InChI is InChI=1S/C11H12ClN3O/c1-7-13-10(12)9(6-16)11(14-7)15-8-4-2-3-5-8/h2-3,6,8H,4-5H2,1H3,(H,13,14,15). The molecule has 0 amide bonds. The molecule has 0 fully saturated rings. The van der Waals surface area contributed by atoms with E-state index >= 15 is 0 Å². The Balaban J connectivity index is 2.27. The summed E-state index contributed by atoms with van der Waals surface area (Å²) >= 11 is 5.88. The van der Waals surface area contributed by atoms with Crippen molar-refractivity contribution >= 4 is 23.7 Å². The average Bonchev–Trinajstić information content (AvgIpc) is 2.70. The summed E-state index contributed by atoms with van der Waals surface area (Å²) in [6.45, 7) is 1.75. The van der Waals surface area contributed by atoms with Crippen LogP contribution in [0.1, 0.15) is 29.0 Å². The van der Waals surface area contributed by atoms with E-state index in [-0.39, 0.29) is 5.15 Å². The van der Waals surface area contributed by atoms with E-state index in [1.165, 1.54) is 0 Å². The maximum Gasteiger partial charge on any atom is 0.156 e. The van der Waals surface area contributed by atoms with Crippen LogP contribution >= 0.6 is 11.6 Å². The van der Waals surface area contributed by atoms with Crippen LogP contribution in [0.15, 0.2) is 12.2 Å². The minimum atomic E-state index is 0.205. The van der Waals surface area contributed by atoms with Crippen molar-refractivity contribution < 1.29 is 4.79 Å². The molecule has 5 heteroatoms. The Labute approximate surface area is 98.7 Å². The highest BCUT2D eigenvalue weighted by atomic mass is 35.5. The van der Waals surface area contributed by atoms with Gasteiger partial charge in [0.15, 0.2) is 6.29 Å². The molecule has 4 nitrogen and oxygen atoms in total. The summed E-state index contributed by atoms with van der Waals surface area (Å²) in [6, 6.07) is 0.295. The number of carbonyl (C=O) groups is 1. The fourth-order valence-electron chi connectivity index (χ4n) is 1.69. The van der Waals surface area contributed by atoms with E-state index in [1.807, 2.05) is 0 Å². The van der Waals surface area contributed by atoms with Crippen molar-refractivity contribution in [3.8, 4) is 0 Å². The van der Waals surface area contributed by atoms with Gasteiger partial charge in [0.05, 0.1) is 5.56 Å². The number of aldehydes is 1. The van der Waals surface area contributed by atoms with Crippen LogP contribution in [0.4, 0.5) is 5.82 Å². The molecule has 0 atom stereocenters. The topological polar surface area (TPSA) is 54.9 Å². The fourth-order valence-corrected chi connectivity index (χ4v) is 1.95. The Bertz CT molecular complexity index is 437. The van der Waals surface area contributed by atoms with E-state index in [0.717, 1.165) is 12.8 Å². The molecule has 0 unspecified atom stereocenters. The number of carbonyl (C=O) groups excluding carboxylic acids is 1. The predicted octanol–water partition coefficient (Wildman–Crippen LogP) is 2.38. The summed E-state index contributed by atoms with van der Waals surface area (Å²) in [5.74, 6) is 1.09. The van der Waals surface area contributed by atoms with Crippen molar-refractivity contribution in [3.05, 3.63) is 28.7 Å². The zero-order valence-corrected chi connectivity index (χ0v) is 9.66. The first kappa shape index (κ1) is 11.1. The van der Waals surface area contributed by atoms with E-state index in [9.17, 15) is 4.79 Å². The Morgan fingerprint density at radius 2 is 2.12 bits per heavy atom. The van der Waals surface area contributed by atoms with E-state index in [1.54, 1.807) is 6.92 Å². The van der Waals surface area contributed by atoms with Crippen molar-refractivity contribution in [2.75, 3.05) is 5.32 Å². The molecule has 0 bridgehead atoms. The van der Waals surface area contributed by atoms with Gasteiger partial charge in [-0.2, -0.15) is 0 Å². The lowest BCUT2D eigenvalue weighted by Gasteiger charge is -2.14. The van der Waals surface area contributed by atoms with Crippen molar-refractivity contribution in [2.24, 2.45) is 0 Å². The van der Waals surface area contributed by atoms with E-state index in [0.29, 0.717) is 29.5 Å². The third-order valence-corrected chi connectivity index (χ3v) is 2.77. The molecular weight excluding hydrogens is 226 g/mol. The summed E-state index contributed by atoms with van der Waals surface area (Å²) in [5.41, 5.74) is 0.333. The third-order valence-electron chi connectivity index (χ3n) is 2.48. The third kappa shape index (κ3) is 2.22. The first-order valence-corrected chi connectivity index (χ1v) is 5.49. The molecule has 1 heterocycles. The number of hydrogen-bond donors (Lipinski definition) is 1. The highest BCUT2D eigenvalue weighted by molar-refractivity contribution is 6.32. The zero-order valence-electron chi connectivity index (χ0n) is 8.90. The van der Waals surface area contributed by atoms with Crippen molar-refractivity contribution in [2.45, 2.75) is 25.8 Å². The number of nitrogens with one attached hydrogen (secondary N) is 1. The van der Waals surface area contributed by atoms with Crippen LogP contribution in [0.25, 0.3) is 0 Å². The largest absolute Gasteiger partial charge is 0.366 e. The number of aromatic nitrogens is 2. The molecule has 16 heavy (non-hydrogen) atoms. The van der Waals surface area contributed by atoms with Gasteiger partial charge in [0.25, 0.3) is 0 Å². The maximum atomic E-state index is 10.9. The van der Waals surface area contributed by atoms with E-state index in [2.05, 4.69) is 27.4 Å². The second kappa shape index (κ2) is 4.61. The highest BCUT2D eigenvalue weighted by Crippen LogP contribution is 2.22. The van der Waals surface area contributed by atoms with Gasteiger partial charge in [0, 0.05) is 6.04 Å². The molecule has 1 aromatic rings. The Hall–Kier alpha value is -1.42. The van der Waals surface area contributed by atoms with Gasteiger partial charge < -0.3 is 5.32 Å². The van der Waals surface area contributed by atoms with Gasteiger partial charge in [-0.15, -0.1) is 0 Å². The summed E-state index contributed by atoms with van der Waals surface area (Å²) < 4.78 is 0. The van der Waals surface area contributed by atoms with Gasteiger partial charge in [-0.3, -0.25) is 4.79 Å². The number of aryl methyl sites for hydroxylation is 1. The fraction of sp³-hybridized carbons (Fsp3) is 0.364. The summed E-state index contributed by atoms with van der Waals surface area (Å²) in [7, 11) is 0. The molecule has 84 valence electrons. The van der Waals surface area contributed by atoms with Gasteiger partial charge in [0.2, 0.25) is 0 Å². The molecule has 1 aromatic heterocycles. The molecule has 0 saturated carbocycles. The molecule has 2 rings (SSSR count). The average molecular weight is 238 g/mol.